The molecule has 0 unspecified atom stereocenters. The van der Waals surface area contributed by atoms with Crippen molar-refractivity contribution < 1.29 is 18.7 Å². The molecule has 0 saturated carbocycles. The molecule has 0 radical (unpaired) electrons. The van der Waals surface area contributed by atoms with Crippen LogP contribution in [0.5, 0.6) is 5.75 Å². The number of nitriles is 1. The van der Waals surface area contributed by atoms with E-state index in [1.807, 2.05) is 4.97 Å². The second-order valence-electron chi connectivity index (χ2n) is 5.35. The van der Waals surface area contributed by atoms with E-state index in [1.165, 1.54) is 24.5 Å². The quantitative estimate of drug-likeness (QED) is 0.458. The van der Waals surface area contributed by atoms with Gasteiger partial charge in [-0.1, -0.05) is 0 Å². The van der Waals surface area contributed by atoms with Crippen LogP contribution in [0.2, 0.25) is 0 Å². The number of carbonyl (C=O) groups is 1. The fourth-order valence-corrected chi connectivity index (χ4v) is 2.48. The standard InChI is InChI=1S/C15H13NO5Se/c1-15(2,3)21-14(18)20-9-4-5-11-10(6-9)13(17)12(7-19-11)22-8-16/h4-7H,1-3H3. The first-order chi connectivity index (χ1) is 10.3. The topological polar surface area (TPSA) is 89.5 Å². The summed E-state index contributed by atoms with van der Waals surface area (Å²) in [5.41, 5.74) is -0.605. The van der Waals surface area contributed by atoms with E-state index in [4.69, 9.17) is 19.2 Å². The van der Waals surface area contributed by atoms with Gasteiger partial charge in [0.15, 0.2) is 0 Å². The average molecular weight is 366 g/mol. The summed E-state index contributed by atoms with van der Waals surface area (Å²) in [6.07, 6.45) is 0.441. The van der Waals surface area contributed by atoms with Crippen molar-refractivity contribution in [1.82, 2.24) is 0 Å². The molecular weight excluding hydrogens is 353 g/mol. The molecule has 0 N–H and O–H groups in total. The Labute approximate surface area is 132 Å². The molecule has 0 aliphatic heterocycles. The first-order valence-electron chi connectivity index (χ1n) is 6.32. The molecule has 0 spiro atoms. The van der Waals surface area contributed by atoms with Crippen LogP contribution in [-0.4, -0.2) is 26.7 Å². The van der Waals surface area contributed by atoms with Gasteiger partial charge in [0, 0.05) is 0 Å². The van der Waals surface area contributed by atoms with Gasteiger partial charge in [0.25, 0.3) is 0 Å². The molecule has 2 aromatic rings. The Balaban J connectivity index is 2.34. The monoisotopic (exact) mass is 367 g/mol. The Hall–Kier alpha value is -2.29. The van der Waals surface area contributed by atoms with Crippen LogP contribution in [-0.2, 0) is 4.74 Å². The van der Waals surface area contributed by atoms with Crippen LogP contribution >= 0.6 is 0 Å². The molecule has 114 valence electrons. The van der Waals surface area contributed by atoms with E-state index in [1.54, 1.807) is 20.8 Å². The zero-order valence-electron chi connectivity index (χ0n) is 12.2. The van der Waals surface area contributed by atoms with Crippen LogP contribution in [0, 0.1) is 10.2 Å². The van der Waals surface area contributed by atoms with Gasteiger partial charge in [0.1, 0.15) is 0 Å². The number of nitrogens with zero attached hydrogens (tertiary/aromatic N) is 1. The molecule has 0 bridgehead atoms. The second-order valence-corrected chi connectivity index (χ2v) is 7.08. The van der Waals surface area contributed by atoms with Crippen LogP contribution in [0.4, 0.5) is 4.79 Å². The summed E-state index contributed by atoms with van der Waals surface area (Å²) in [7, 11) is 0. The van der Waals surface area contributed by atoms with Crippen LogP contribution < -0.4 is 14.6 Å². The summed E-state index contributed by atoms with van der Waals surface area (Å²) < 4.78 is 15.7. The van der Waals surface area contributed by atoms with E-state index in [-0.39, 0.29) is 16.6 Å². The molecule has 0 aliphatic rings. The van der Waals surface area contributed by atoms with E-state index in [0.717, 1.165) is 0 Å². The molecule has 22 heavy (non-hydrogen) atoms. The number of hydrogen-bond acceptors (Lipinski definition) is 6. The first kappa shape index (κ1) is 16.1. The molecule has 1 aromatic heterocycles. The summed E-state index contributed by atoms with van der Waals surface area (Å²) in [6.45, 7) is 5.17. The first-order valence-corrected chi connectivity index (χ1v) is 8.04. The van der Waals surface area contributed by atoms with Gasteiger partial charge in [0.05, 0.1) is 0 Å². The zero-order valence-corrected chi connectivity index (χ0v) is 13.9. The summed E-state index contributed by atoms with van der Waals surface area (Å²) in [6, 6.07) is 4.44. The molecule has 6 nitrogen and oxygen atoms in total. The van der Waals surface area contributed by atoms with Crippen molar-refractivity contribution in [2.45, 2.75) is 26.4 Å². The molecule has 0 amide bonds. The summed E-state index contributed by atoms with van der Waals surface area (Å²) >= 11 is -0.614. The van der Waals surface area contributed by atoms with Crippen molar-refractivity contribution >= 4 is 36.5 Å². The Kier molecular flexibility index (Phi) is 4.55. The van der Waals surface area contributed by atoms with Crippen LogP contribution in [0.3, 0.4) is 0 Å². The Morgan fingerprint density at radius 2 is 2.09 bits per heavy atom. The number of benzene rings is 1. The third-order valence-corrected chi connectivity index (χ3v) is 3.70. The van der Waals surface area contributed by atoms with Gasteiger partial charge < -0.3 is 0 Å². The third kappa shape index (κ3) is 3.88. The van der Waals surface area contributed by atoms with Crippen molar-refractivity contribution in [1.29, 1.82) is 5.26 Å². The Bertz CT molecular complexity index is 813. The fraction of sp³-hybridized carbons (Fsp3) is 0.267. The molecule has 2 rings (SSSR count). The molecule has 0 aliphatic carbocycles. The number of hydrogen-bond donors (Lipinski definition) is 0. The van der Waals surface area contributed by atoms with Gasteiger partial charge in [0.2, 0.25) is 0 Å². The normalized spacial score (nSPS) is 11.0. The van der Waals surface area contributed by atoms with Crippen molar-refractivity contribution in [3.8, 4) is 10.7 Å². The van der Waals surface area contributed by atoms with Crippen molar-refractivity contribution in [2.24, 2.45) is 0 Å². The zero-order chi connectivity index (χ0) is 16.3. The summed E-state index contributed by atoms with van der Waals surface area (Å²) in [4.78, 5) is 25.8. The third-order valence-electron chi connectivity index (χ3n) is 2.46. The Morgan fingerprint density at radius 1 is 1.36 bits per heavy atom. The minimum atomic E-state index is -0.853. The van der Waals surface area contributed by atoms with E-state index < -0.39 is 26.7 Å². The van der Waals surface area contributed by atoms with Crippen LogP contribution in [0.25, 0.3) is 11.0 Å². The van der Waals surface area contributed by atoms with E-state index in [9.17, 15) is 9.59 Å². The van der Waals surface area contributed by atoms with Gasteiger partial charge in [-0.2, -0.15) is 0 Å². The fourth-order valence-electron chi connectivity index (χ4n) is 1.64. The molecule has 1 aromatic carbocycles. The number of ether oxygens (including phenoxy) is 2. The molecule has 0 atom stereocenters. The SMILES string of the molecule is CC(C)(C)OC(=O)Oc1ccc2occ([Se]C#N)c(=O)c2c1. The predicted molar refractivity (Wildman–Crippen MR) is 80.3 cm³/mol. The average Bonchev–Trinajstić information content (AvgIpc) is 2.40. The van der Waals surface area contributed by atoms with Gasteiger partial charge in [-0.05, 0) is 0 Å². The van der Waals surface area contributed by atoms with E-state index >= 15 is 0 Å². The molecule has 7 heteroatoms. The molecule has 1 heterocycles. The van der Waals surface area contributed by atoms with Crippen molar-refractivity contribution in [3.63, 3.8) is 0 Å². The predicted octanol–water partition coefficient (Wildman–Crippen LogP) is 1.92. The van der Waals surface area contributed by atoms with Crippen molar-refractivity contribution in [3.05, 3.63) is 34.7 Å². The minimum absolute atomic E-state index is 0.177. The van der Waals surface area contributed by atoms with Gasteiger partial charge >= 0.3 is 132 Å². The van der Waals surface area contributed by atoms with E-state index in [2.05, 4.69) is 0 Å². The molecule has 0 saturated heterocycles. The Morgan fingerprint density at radius 3 is 2.73 bits per heavy atom. The maximum atomic E-state index is 12.2. The van der Waals surface area contributed by atoms with Crippen LogP contribution in [0.1, 0.15) is 20.8 Å². The molecule has 0 fully saturated rings. The van der Waals surface area contributed by atoms with Gasteiger partial charge in [-0.15, -0.1) is 0 Å². The number of carbonyl (C=O) groups excluding carboxylic acids is 1. The van der Waals surface area contributed by atoms with E-state index in [0.29, 0.717) is 10.0 Å². The van der Waals surface area contributed by atoms with Crippen molar-refractivity contribution in [2.75, 3.05) is 0 Å². The van der Waals surface area contributed by atoms with Gasteiger partial charge in [-0.3, -0.25) is 0 Å². The molecular formula is C15H13NO5Se. The van der Waals surface area contributed by atoms with Crippen LogP contribution in [0.15, 0.2) is 33.7 Å². The maximum absolute atomic E-state index is 12.2. The summed E-state index contributed by atoms with van der Waals surface area (Å²) in [5, 5.41) is 8.97. The summed E-state index contributed by atoms with van der Waals surface area (Å²) in [5.74, 6) is 0.177. The second kappa shape index (κ2) is 6.22. The van der Waals surface area contributed by atoms with Gasteiger partial charge in [-0.25, -0.2) is 0 Å². The number of fused-ring (bicyclic) bond motifs is 1. The number of rotatable bonds is 2.